The fraction of sp³-hybridized carbons (Fsp3) is 0.211. The summed E-state index contributed by atoms with van der Waals surface area (Å²) in [5.41, 5.74) is 2.00. The molecule has 0 aliphatic heterocycles. The Labute approximate surface area is 159 Å². The third kappa shape index (κ3) is 3.57. The number of halogens is 1. The molecular formula is C19H15ClN2O3S. The van der Waals surface area contributed by atoms with Gasteiger partial charge < -0.3 is 4.74 Å². The maximum atomic E-state index is 12.6. The Morgan fingerprint density at radius 3 is 2.62 bits per heavy atom. The molecule has 7 heteroatoms. The van der Waals surface area contributed by atoms with E-state index in [1.807, 2.05) is 30.3 Å². The van der Waals surface area contributed by atoms with Crippen LogP contribution in [0.2, 0.25) is 4.34 Å². The summed E-state index contributed by atoms with van der Waals surface area (Å²) < 4.78 is 7.35. The second-order valence-corrected chi connectivity index (χ2v) is 7.79. The van der Waals surface area contributed by atoms with Crippen LogP contribution >= 0.6 is 22.9 Å². The highest BCUT2D eigenvalue weighted by Crippen LogP contribution is 2.39. The predicted molar refractivity (Wildman–Crippen MR) is 99.5 cm³/mol. The topological polar surface area (TPSA) is 61.2 Å². The van der Waals surface area contributed by atoms with Crippen molar-refractivity contribution in [2.24, 2.45) is 0 Å². The van der Waals surface area contributed by atoms with Gasteiger partial charge in [0.05, 0.1) is 20.6 Å². The zero-order chi connectivity index (χ0) is 18.1. The van der Waals surface area contributed by atoms with E-state index in [1.54, 1.807) is 22.9 Å². The Hall–Kier alpha value is -2.44. The Morgan fingerprint density at radius 2 is 1.96 bits per heavy atom. The van der Waals surface area contributed by atoms with Gasteiger partial charge in [0.1, 0.15) is 0 Å². The molecule has 3 aromatic rings. The lowest BCUT2D eigenvalue weighted by atomic mass is 10.2. The number of hydrogen-bond donors (Lipinski definition) is 0. The van der Waals surface area contributed by atoms with Gasteiger partial charge in [0.25, 0.3) is 0 Å². The van der Waals surface area contributed by atoms with E-state index in [4.69, 9.17) is 16.3 Å². The van der Waals surface area contributed by atoms with E-state index in [9.17, 15) is 9.59 Å². The highest BCUT2D eigenvalue weighted by atomic mass is 35.5. The zero-order valence-corrected chi connectivity index (χ0v) is 15.3. The number of ketones is 1. The number of carbonyl (C=O) groups is 2. The van der Waals surface area contributed by atoms with Crippen LogP contribution in [0.25, 0.3) is 5.69 Å². The maximum absolute atomic E-state index is 12.6. The first-order valence-corrected chi connectivity index (χ1v) is 9.42. The molecule has 5 nitrogen and oxygen atoms in total. The van der Waals surface area contributed by atoms with E-state index in [2.05, 4.69) is 5.10 Å². The van der Waals surface area contributed by atoms with Gasteiger partial charge in [-0.1, -0.05) is 29.8 Å². The monoisotopic (exact) mass is 386 g/mol. The molecule has 0 atom stereocenters. The molecule has 4 rings (SSSR count). The van der Waals surface area contributed by atoms with Crippen molar-refractivity contribution in [1.29, 1.82) is 0 Å². The average Bonchev–Trinajstić information content (AvgIpc) is 3.26. The predicted octanol–water partition coefficient (Wildman–Crippen LogP) is 4.50. The number of thiophene rings is 1. The quantitative estimate of drug-likeness (QED) is 0.462. The van der Waals surface area contributed by atoms with Crippen LogP contribution in [0, 0.1) is 0 Å². The standard InChI is InChI=1S/C19H15ClN2O3S/c20-18-9-8-17(26-18)16(23)11-25-19(24)15-10-14(12-6-7-12)21-22(15)13-4-2-1-3-5-13/h1-5,8-10,12H,6-7,11H2. The van der Waals surface area contributed by atoms with Gasteiger partial charge in [-0.05, 0) is 43.2 Å². The first kappa shape index (κ1) is 17.0. The second kappa shape index (κ2) is 7.05. The highest BCUT2D eigenvalue weighted by molar-refractivity contribution is 7.18. The Bertz CT molecular complexity index is 960. The second-order valence-electron chi connectivity index (χ2n) is 6.08. The smallest absolute Gasteiger partial charge is 0.357 e. The molecule has 1 fully saturated rings. The molecule has 132 valence electrons. The van der Waals surface area contributed by atoms with Crippen molar-refractivity contribution in [3.8, 4) is 5.69 Å². The Morgan fingerprint density at radius 1 is 1.19 bits per heavy atom. The Kier molecular flexibility index (Phi) is 4.61. The molecule has 0 radical (unpaired) electrons. The summed E-state index contributed by atoms with van der Waals surface area (Å²) in [6, 6.07) is 14.5. The van der Waals surface area contributed by atoms with Gasteiger partial charge in [0.15, 0.2) is 12.3 Å². The maximum Gasteiger partial charge on any atom is 0.357 e. The molecule has 0 bridgehead atoms. The summed E-state index contributed by atoms with van der Waals surface area (Å²) in [4.78, 5) is 25.2. The number of ether oxygens (including phenoxy) is 1. The van der Waals surface area contributed by atoms with Crippen LogP contribution in [0.1, 0.15) is 44.6 Å². The van der Waals surface area contributed by atoms with E-state index < -0.39 is 5.97 Å². The SMILES string of the molecule is O=C(COC(=O)c1cc(C2CC2)nn1-c1ccccc1)c1ccc(Cl)s1. The minimum Gasteiger partial charge on any atom is -0.453 e. The minimum atomic E-state index is -0.566. The van der Waals surface area contributed by atoms with Crippen LogP contribution in [-0.2, 0) is 4.74 Å². The summed E-state index contributed by atoms with van der Waals surface area (Å²) in [6.45, 7) is -0.325. The lowest BCUT2D eigenvalue weighted by Crippen LogP contribution is -2.16. The van der Waals surface area contributed by atoms with Crippen molar-refractivity contribution in [3.63, 3.8) is 0 Å². The first-order valence-electron chi connectivity index (χ1n) is 8.23. The molecule has 0 saturated heterocycles. The van der Waals surface area contributed by atoms with Crippen molar-refractivity contribution in [2.75, 3.05) is 6.61 Å². The summed E-state index contributed by atoms with van der Waals surface area (Å²) in [7, 11) is 0. The number of esters is 1. The summed E-state index contributed by atoms with van der Waals surface area (Å²) in [5.74, 6) is -0.436. The number of carbonyl (C=O) groups excluding carboxylic acids is 2. The number of benzene rings is 1. The first-order chi connectivity index (χ1) is 12.6. The molecule has 1 saturated carbocycles. The molecule has 1 aliphatic rings. The molecule has 1 aromatic carbocycles. The fourth-order valence-corrected chi connectivity index (χ4v) is 3.60. The molecule has 1 aliphatic carbocycles. The van der Waals surface area contributed by atoms with Gasteiger partial charge in [-0.25, -0.2) is 9.48 Å². The van der Waals surface area contributed by atoms with Crippen molar-refractivity contribution in [3.05, 3.63) is 69.1 Å². The zero-order valence-electron chi connectivity index (χ0n) is 13.7. The van der Waals surface area contributed by atoms with Crippen molar-refractivity contribution in [2.45, 2.75) is 18.8 Å². The minimum absolute atomic E-state index is 0.275. The fourth-order valence-electron chi connectivity index (χ4n) is 2.63. The van der Waals surface area contributed by atoms with Gasteiger partial charge in [0.2, 0.25) is 5.78 Å². The molecular weight excluding hydrogens is 372 g/mol. The van der Waals surface area contributed by atoms with Gasteiger partial charge in [0, 0.05) is 5.92 Å². The summed E-state index contributed by atoms with van der Waals surface area (Å²) in [6.07, 6.45) is 2.16. The molecule has 0 unspecified atom stereocenters. The number of rotatable bonds is 6. The van der Waals surface area contributed by atoms with Crippen LogP contribution in [0.3, 0.4) is 0 Å². The molecule has 26 heavy (non-hydrogen) atoms. The molecule has 0 spiro atoms. The van der Waals surface area contributed by atoms with Crippen LogP contribution in [-0.4, -0.2) is 28.1 Å². The lowest BCUT2D eigenvalue weighted by molar-refractivity contribution is 0.0466. The van der Waals surface area contributed by atoms with Crippen LogP contribution < -0.4 is 0 Å². The normalized spacial score (nSPS) is 13.6. The Balaban J connectivity index is 1.54. The molecule has 0 N–H and O–H groups in total. The van der Waals surface area contributed by atoms with E-state index in [1.165, 1.54) is 11.3 Å². The van der Waals surface area contributed by atoms with E-state index in [0.29, 0.717) is 20.8 Å². The van der Waals surface area contributed by atoms with Crippen molar-refractivity contribution < 1.29 is 14.3 Å². The van der Waals surface area contributed by atoms with Crippen LogP contribution in [0.5, 0.6) is 0 Å². The van der Waals surface area contributed by atoms with Gasteiger partial charge >= 0.3 is 5.97 Å². The largest absolute Gasteiger partial charge is 0.453 e. The van der Waals surface area contributed by atoms with Gasteiger partial charge in [-0.2, -0.15) is 5.10 Å². The van der Waals surface area contributed by atoms with E-state index in [0.717, 1.165) is 24.2 Å². The molecule has 0 amide bonds. The summed E-state index contributed by atoms with van der Waals surface area (Å²) >= 11 is 7.00. The average molecular weight is 387 g/mol. The third-order valence-corrected chi connectivity index (χ3v) is 5.39. The van der Waals surface area contributed by atoms with Crippen LogP contribution in [0.15, 0.2) is 48.5 Å². The number of aromatic nitrogens is 2. The number of Topliss-reactive ketones (excluding diaryl/α,β-unsaturated/α-hetero) is 1. The van der Waals surface area contributed by atoms with Crippen molar-refractivity contribution in [1.82, 2.24) is 9.78 Å². The molecule has 2 heterocycles. The van der Waals surface area contributed by atoms with Gasteiger partial charge in [-0.15, -0.1) is 11.3 Å². The van der Waals surface area contributed by atoms with Gasteiger partial charge in [-0.3, -0.25) is 4.79 Å². The number of nitrogens with zero attached hydrogens (tertiary/aromatic N) is 2. The number of hydrogen-bond acceptors (Lipinski definition) is 5. The van der Waals surface area contributed by atoms with E-state index in [-0.39, 0.29) is 12.4 Å². The highest BCUT2D eigenvalue weighted by Gasteiger charge is 2.29. The van der Waals surface area contributed by atoms with Crippen LogP contribution in [0.4, 0.5) is 0 Å². The van der Waals surface area contributed by atoms with E-state index >= 15 is 0 Å². The van der Waals surface area contributed by atoms with Crippen molar-refractivity contribution >= 4 is 34.7 Å². The molecule has 2 aromatic heterocycles. The number of para-hydroxylation sites is 1. The lowest BCUT2D eigenvalue weighted by Gasteiger charge is -2.07. The summed E-state index contributed by atoms with van der Waals surface area (Å²) in [5, 5.41) is 4.57. The third-order valence-electron chi connectivity index (χ3n) is 4.12.